The number of unbranched alkanes of at least 4 members (excludes halogenated alkanes) is 2. The molecule has 0 aromatic heterocycles. The summed E-state index contributed by atoms with van der Waals surface area (Å²) < 4.78 is 11.2. The minimum Gasteiger partial charge on any atom is -0.494 e. The molecule has 0 atom stereocenters. The molecule has 132 valence electrons. The Morgan fingerprint density at radius 2 is 1.40 bits per heavy atom. The summed E-state index contributed by atoms with van der Waals surface area (Å²) in [5.74, 6) is 1.45. The van der Waals surface area contributed by atoms with Crippen LogP contribution >= 0.6 is 0 Å². The third kappa shape index (κ3) is 6.18. The molecular formula is C19H22N2O4. The predicted octanol–water partition coefficient (Wildman–Crippen LogP) is 4.15. The van der Waals surface area contributed by atoms with E-state index in [1.165, 1.54) is 12.1 Å². The number of non-ortho nitro benzene ring substituents is 1. The molecule has 25 heavy (non-hydrogen) atoms. The van der Waals surface area contributed by atoms with E-state index >= 15 is 0 Å². The van der Waals surface area contributed by atoms with Crippen LogP contribution in [0.2, 0.25) is 0 Å². The van der Waals surface area contributed by atoms with E-state index in [9.17, 15) is 10.1 Å². The maximum absolute atomic E-state index is 10.6. The van der Waals surface area contributed by atoms with Gasteiger partial charge in [-0.15, -0.1) is 0 Å². The summed E-state index contributed by atoms with van der Waals surface area (Å²) in [7, 11) is 0. The number of nitrogens with two attached hydrogens (primary N) is 1. The van der Waals surface area contributed by atoms with Crippen LogP contribution in [-0.2, 0) is 0 Å². The zero-order valence-electron chi connectivity index (χ0n) is 14.0. The zero-order chi connectivity index (χ0) is 18.1. The lowest BCUT2D eigenvalue weighted by atomic mass is 10.2. The molecule has 0 saturated heterocycles. The minimum atomic E-state index is -0.427. The second kappa shape index (κ2) is 9.32. The van der Waals surface area contributed by atoms with E-state index in [4.69, 9.17) is 15.2 Å². The first-order valence-corrected chi connectivity index (χ1v) is 8.11. The highest BCUT2D eigenvalue weighted by molar-refractivity contribution is 5.60. The fourth-order valence-corrected chi connectivity index (χ4v) is 2.19. The molecule has 2 rings (SSSR count). The molecule has 0 bridgehead atoms. The maximum Gasteiger partial charge on any atom is 0.269 e. The quantitative estimate of drug-likeness (QED) is 0.398. The van der Waals surface area contributed by atoms with Gasteiger partial charge < -0.3 is 15.2 Å². The van der Waals surface area contributed by atoms with E-state index in [1.807, 2.05) is 24.3 Å². The van der Waals surface area contributed by atoms with Gasteiger partial charge in [-0.2, -0.15) is 0 Å². The Kier molecular flexibility index (Phi) is 6.83. The van der Waals surface area contributed by atoms with Crippen molar-refractivity contribution in [3.8, 4) is 11.5 Å². The average Bonchev–Trinajstić information content (AvgIpc) is 2.61. The lowest BCUT2D eigenvalue weighted by Crippen LogP contribution is -2.01. The van der Waals surface area contributed by atoms with Gasteiger partial charge in [0.15, 0.2) is 0 Å². The Hall–Kier alpha value is -3.02. The van der Waals surface area contributed by atoms with Crippen LogP contribution in [0.4, 0.5) is 5.69 Å². The number of ether oxygens (including phenoxy) is 2. The summed E-state index contributed by atoms with van der Waals surface area (Å²) >= 11 is 0. The number of benzene rings is 2. The van der Waals surface area contributed by atoms with Gasteiger partial charge in [0.05, 0.1) is 18.1 Å². The van der Waals surface area contributed by atoms with E-state index in [-0.39, 0.29) is 5.69 Å². The molecule has 0 aliphatic rings. The summed E-state index contributed by atoms with van der Waals surface area (Å²) in [6.45, 7) is 4.90. The zero-order valence-corrected chi connectivity index (χ0v) is 14.0. The number of nitro groups is 1. The summed E-state index contributed by atoms with van der Waals surface area (Å²) in [6, 6.07) is 13.6. The Morgan fingerprint density at radius 3 is 1.84 bits per heavy atom. The van der Waals surface area contributed by atoms with Crippen molar-refractivity contribution in [1.82, 2.24) is 0 Å². The van der Waals surface area contributed by atoms with Gasteiger partial charge in [-0.25, -0.2) is 0 Å². The summed E-state index contributed by atoms with van der Waals surface area (Å²) in [4.78, 5) is 10.1. The van der Waals surface area contributed by atoms with Gasteiger partial charge in [0.1, 0.15) is 11.5 Å². The van der Waals surface area contributed by atoms with Crippen molar-refractivity contribution in [3.63, 3.8) is 0 Å². The maximum atomic E-state index is 10.6. The molecular weight excluding hydrogens is 320 g/mol. The third-order valence-corrected chi connectivity index (χ3v) is 3.60. The van der Waals surface area contributed by atoms with E-state index < -0.39 is 4.92 Å². The van der Waals surface area contributed by atoms with Crippen LogP contribution < -0.4 is 15.2 Å². The summed E-state index contributed by atoms with van der Waals surface area (Å²) in [6.07, 6.45) is 2.80. The lowest BCUT2D eigenvalue weighted by molar-refractivity contribution is -0.384. The Labute approximate surface area is 147 Å². The second-order valence-corrected chi connectivity index (χ2v) is 5.56. The SMILES string of the molecule is C=C(N)c1ccc(OCCCCCOc2ccc([N+](=O)[O-])cc2)cc1. The number of rotatable bonds is 10. The average molecular weight is 342 g/mol. The highest BCUT2D eigenvalue weighted by Crippen LogP contribution is 2.18. The highest BCUT2D eigenvalue weighted by Gasteiger charge is 2.04. The number of nitrogens with zero attached hydrogens (tertiary/aromatic N) is 1. The van der Waals surface area contributed by atoms with Gasteiger partial charge in [-0.1, -0.05) is 6.58 Å². The van der Waals surface area contributed by atoms with Crippen molar-refractivity contribution in [2.24, 2.45) is 5.73 Å². The normalized spacial score (nSPS) is 10.2. The minimum absolute atomic E-state index is 0.0632. The van der Waals surface area contributed by atoms with Crippen molar-refractivity contribution in [2.75, 3.05) is 13.2 Å². The Bertz CT molecular complexity index is 635. The van der Waals surface area contributed by atoms with Gasteiger partial charge in [-0.05, 0) is 61.2 Å². The van der Waals surface area contributed by atoms with Crippen molar-refractivity contribution in [3.05, 3.63) is 70.8 Å². The topological polar surface area (TPSA) is 87.6 Å². The Balaban J connectivity index is 1.57. The standard InChI is InChI=1S/C19H22N2O4/c1-15(20)16-5-9-18(10-6-16)24-13-3-2-4-14-25-19-11-7-17(8-12-19)21(22)23/h5-12H,1-4,13-14,20H2. The van der Waals surface area contributed by atoms with Crippen LogP contribution in [0.25, 0.3) is 5.70 Å². The van der Waals surface area contributed by atoms with Crippen LogP contribution in [-0.4, -0.2) is 18.1 Å². The van der Waals surface area contributed by atoms with Crippen molar-refractivity contribution in [1.29, 1.82) is 0 Å². The van der Waals surface area contributed by atoms with Gasteiger partial charge in [-0.3, -0.25) is 10.1 Å². The van der Waals surface area contributed by atoms with Gasteiger partial charge in [0.25, 0.3) is 5.69 Å². The smallest absolute Gasteiger partial charge is 0.269 e. The fraction of sp³-hybridized carbons (Fsp3) is 0.263. The van der Waals surface area contributed by atoms with Crippen LogP contribution in [0.5, 0.6) is 11.5 Å². The summed E-state index contributed by atoms with van der Waals surface area (Å²) in [5, 5.41) is 10.6. The first-order chi connectivity index (χ1) is 12.1. The van der Waals surface area contributed by atoms with Gasteiger partial charge in [0, 0.05) is 17.8 Å². The lowest BCUT2D eigenvalue weighted by Gasteiger charge is -2.08. The van der Waals surface area contributed by atoms with Gasteiger partial charge in [0.2, 0.25) is 0 Å². The molecule has 0 heterocycles. The monoisotopic (exact) mass is 342 g/mol. The molecule has 0 aliphatic carbocycles. The molecule has 0 saturated carbocycles. The molecule has 0 aliphatic heterocycles. The number of nitro benzene ring substituents is 1. The molecule has 2 N–H and O–H groups in total. The van der Waals surface area contributed by atoms with Crippen LogP contribution in [0.15, 0.2) is 55.1 Å². The van der Waals surface area contributed by atoms with E-state index in [1.54, 1.807) is 12.1 Å². The molecule has 0 fully saturated rings. The molecule has 6 heteroatoms. The molecule has 2 aromatic rings. The highest BCUT2D eigenvalue weighted by atomic mass is 16.6. The fourth-order valence-electron chi connectivity index (χ4n) is 2.19. The van der Waals surface area contributed by atoms with E-state index in [0.717, 1.165) is 30.6 Å². The molecule has 0 spiro atoms. The second-order valence-electron chi connectivity index (χ2n) is 5.56. The summed E-state index contributed by atoms with van der Waals surface area (Å²) in [5.41, 5.74) is 7.12. The van der Waals surface area contributed by atoms with Crippen LogP contribution in [0.1, 0.15) is 24.8 Å². The van der Waals surface area contributed by atoms with Gasteiger partial charge >= 0.3 is 0 Å². The molecule has 0 amide bonds. The van der Waals surface area contributed by atoms with Crippen molar-refractivity contribution >= 4 is 11.4 Å². The Morgan fingerprint density at radius 1 is 0.920 bits per heavy atom. The van der Waals surface area contributed by atoms with Crippen molar-refractivity contribution < 1.29 is 14.4 Å². The molecule has 0 unspecified atom stereocenters. The molecule has 2 aromatic carbocycles. The van der Waals surface area contributed by atoms with E-state index in [0.29, 0.717) is 24.7 Å². The number of hydrogen-bond acceptors (Lipinski definition) is 5. The largest absolute Gasteiger partial charge is 0.494 e. The third-order valence-electron chi connectivity index (χ3n) is 3.60. The first kappa shape index (κ1) is 18.3. The molecule has 6 nitrogen and oxygen atoms in total. The van der Waals surface area contributed by atoms with Crippen LogP contribution in [0.3, 0.4) is 0 Å². The molecule has 0 radical (unpaired) electrons. The first-order valence-electron chi connectivity index (χ1n) is 8.11. The number of hydrogen-bond donors (Lipinski definition) is 1. The predicted molar refractivity (Wildman–Crippen MR) is 97.6 cm³/mol. The van der Waals surface area contributed by atoms with Crippen molar-refractivity contribution in [2.45, 2.75) is 19.3 Å². The van der Waals surface area contributed by atoms with Crippen LogP contribution in [0, 0.1) is 10.1 Å². The van der Waals surface area contributed by atoms with E-state index in [2.05, 4.69) is 6.58 Å².